The van der Waals surface area contributed by atoms with Gasteiger partial charge in [-0.15, -0.1) is 0 Å². The lowest BCUT2D eigenvalue weighted by Gasteiger charge is -2.07. The zero-order chi connectivity index (χ0) is 19.8. The fourth-order valence-corrected chi connectivity index (χ4v) is 2.79. The second kappa shape index (κ2) is 11.1. The van der Waals surface area contributed by atoms with Crippen molar-refractivity contribution in [2.45, 2.75) is 20.8 Å². The molecule has 0 spiro atoms. The zero-order valence-corrected chi connectivity index (χ0v) is 17.8. The van der Waals surface area contributed by atoms with Gasteiger partial charge < -0.3 is 21.9 Å². The van der Waals surface area contributed by atoms with Gasteiger partial charge >= 0.3 is 0 Å². The first-order valence-corrected chi connectivity index (χ1v) is 9.61. The van der Waals surface area contributed by atoms with Crippen LogP contribution in [0.4, 0.5) is 11.4 Å². The summed E-state index contributed by atoms with van der Waals surface area (Å²) in [5.74, 6) is 2.64. The van der Waals surface area contributed by atoms with Crippen molar-refractivity contribution in [2.75, 3.05) is 18.5 Å². The summed E-state index contributed by atoms with van der Waals surface area (Å²) in [5.41, 5.74) is 4.27. The van der Waals surface area contributed by atoms with Crippen molar-refractivity contribution in [1.29, 1.82) is 0 Å². The van der Waals surface area contributed by atoms with Crippen LogP contribution < -0.4 is 32.2 Å². The van der Waals surface area contributed by atoms with Gasteiger partial charge in [0, 0.05) is 0 Å². The third-order valence-electron chi connectivity index (χ3n) is 4.21. The summed E-state index contributed by atoms with van der Waals surface area (Å²) >= 11 is 0. The molecule has 3 aromatic carbocycles. The molecule has 0 unspecified atom stereocenters. The summed E-state index contributed by atoms with van der Waals surface area (Å²) in [5, 5.41) is 3.49. The van der Waals surface area contributed by atoms with Gasteiger partial charge in [0.1, 0.15) is 22.9 Å². The smallest absolute Gasteiger partial charge is 0.285 e. The van der Waals surface area contributed by atoms with Crippen molar-refractivity contribution in [3.05, 3.63) is 83.9 Å². The van der Waals surface area contributed by atoms with Crippen LogP contribution >= 0.6 is 0 Å². The van der Waals surface area contributed by atoms with Gasteiger partial charge in [0.2, 0.25) is 0 Å². The molecule has 0 saturated heterocycles. The number of anilines is 1. The second-order valence-corrected chi connectivity index (χ2v) is 6.41. The number of aryl methyl sites for hydroxylation is 1. The lowest BCUT2D eigenvalue weighted by Crippen LogP contribution is -3.00. The van der Waals surface area contributed by atoms with Crippen molar-refractivity contribution in [1.82, 2.24) is 0 Å². The molecule has 0 bridgehead atoms. The van der Waals surface area contributed by atoms with Gasteiger partial charge in [0.05, 0.1) is 18.8 Å². The maximum atomic E-state index is 5.53. The summed E-state index contributed by atoms with van der Waals surface area (Å²) in [6, 6.07) is 24.3. The van der Waals surface area contributed by atoms with Crippen molar-refractivity contribution in [3.63, 3.8) is 0 Å². The van der Waals surface area contributed by atoms with Crippen LogP contribution in [0.1, 0.15) is 25.0 Å². The lowest BCUT2D eigenvalue weighted by atomic mass is 10.1. The Bertz CT molecular complexity index is 905. The standard InChI is InChI=1S/C24H26N2O2.ClH/c1-4-27-22-14-10-20(11-15-22)25-24(19-8-6-18(3)7-9-19)26-21-12-16-23(17-13-21)28-5-2;/h6-17H,4-5H2,1-3H3,(H,25,26);1H. The predicted octanol–water partition coefficient (Wildman–Crippen LogP) is 1.07. The van der Waals surface area contributed by atoms with Crippen LogP contribution in [0.25, 0.3) is 0 Å². The van der Waals surface area contributed by atoms with E-state index in [9.17, 15) is 0 Å². The van der Waals surface area contributed by atoms with Gasteiger partial charge in [0.15, 0.2) is 0 Å². The first-order valence-electron chi connectivity index (χ1n) is 9.61. The van der Waals surface area contributed by atoms with Gasteiger partial charge in [-0.2, -0.15) is 0 Å². The van der Waals surface area contributed by atoms with E-state index in [0.29, 0.717) is 13.2 Å². The summed E-state index contributed by atoms with van der Waals surface area (Å²) in [4.78, 5) is 3.49. The van der Waals surface area contributed by atoms with E-state index in [2.05, 4.69) is 41.5 Å². The van der Waals surface area contributed by atoms with Crippen molar-refractivity contribution >= 4 is 17.2 Å². The average molecular weight is 411 g/mol. The van der Waals surface area contributed by atoms with E-state index in [0.717, 1.165) is 34.3 Å². The number of nitrogens with one attached hydrogen (secondary N) is 2. The van der Waals surface area contributed by atoms with Crippen LogP contribution in [-0.4, -0.2) is 19.0 Å². The Balaban J connectivity index is 0.00000300. The van der Waals surface area contributed by atoms with Crippen molar-refractivity contribution in [3.8, 4) is 11.5 Å². The Morgan fingerprint density at radius 2 is 1.28 bits per heavy atom. The highest BCUT2D eigenvalue weighted by Crippen LogP contribution is 2.17. The molecule has 2 N–H and O–H groups in total. The molecule has 4 nitrogen and oxygen atoms in total. The number of hydrogen-bond acceptors (Lipinski definition) is 2. The van der Waals surface area contributed by atoms with E-state index in [4.69, 9.17) is 9.47 Å². The third kappa shape index (κ3) is 6.54. The summed E-state index contributed by atoms with van der Waals surface area (Å²) in [7, 11) is 0. The molecular formula is C24H27ClN2O2. The zero-order valence-electron chi connectivity index (χ0n) is 17.0. The van der Waals surface area contributed by atoms with Crippen LogP contribution in [-0.2, 0) is 0 Å². The topological polar surface area (TPSA) is 44.5 Å². The number of halogens is 1. The highest BCUT2D eigenvalue weighted by Gasteiger charge is 2.12. The maximum Gasteiger partial charge on any atom is 0.285 e. The van der Waals surface area contributed by atoms with E-state index in [1.54, 1.807) is 0 Å². The number of benzene rings is 3. The van der Waals surface area contributed by atoms with Gasteiger partial charge in [-0.1, -0.05) is 17.7 Å². The molecule has 29 heavy (non-hydrogen) atoms. The van der Waals surface area contributed by atoms with E-state index in [1.807, 2.05) is 62.4 Å². The molecule has 152 valence electrons. The summed E-state index contributed by atoms with van der Waals surface area (Å²) in [6.07, 6.45) is 0. The second-order valence-electron chi connectivity index (χ2n) is 6.41. The average Bonchev–Trinajstić information content (AvgIpc) is 2.71. The van der Waals surface area contributed by atoms with Crippen molar-refractivity contribution in [2.24, 2.45) is 0 Å². The molecule has 0 amide bonds. The van der Waals surface area contributed by atoms with Gasteiger partial charge in [-0.05, 0) is 81.4 Å². The fourth-order valence-electron chi connectivity index (χ4n) is 2.79. The molecule has 0 saturated carbocycles. The van der Waals surface area contributed by atoms with Gasteiger partial charge in [-0.25, -0.2) is 10.3 Å². The van der Waals surface area contributed by atoms with Crippen molar-refractivity contribution < 1.29 is 26.9 Å². The molecular weight excluding hydrogens is 384 g/mol. The lowest BCUT2D eigenvalue weighted by molar-refractivity contribution is -0.353. The summed E-state index contributed by atoms with van der Waals surface area (Å²) < 4.78 is 11.1. The maximum absolute atomic E-state index is 5.53. The monoisotopic (exact) mass is 410 g/mol. The number of amidine groups is 1. The Morgan fingerprint density at radius 1 is 0.759 bits per heavy atom. The molecule has 0 aliphatic rings. The predicted molar refractivity (Wildman–Crippen MR) is 115 cm³/mol. The SMILES string of the molecule is CCOc1ccc(NC(=[NH+]c2ccc(OCC)cc2)c2ccc(C)cc2)cc1.[Cl-]. The summed E-state index contributed by atoms with van der Waals surface area (Å²) in [6.45, 7) is 7.37. The van der Waals surface area contributed by atoms with Crippen LogP contribution in [0, 0.1) is 6.92 Å². The number of rotatable bonds is 7. The number of ether oxygens (including phenoxy) is 2. The normalized spacial score (nSPS) is 10.8. The van der Waals surface area contributed by atoms with E-state index in [-0.39, 0.29) is 12.4 Å². The largest absolute Gasteiger partial charge is 1.00 e. The van der Waals surface area contributed by atoms with Crippen LogP contribution in [0.3, 0.4) is 0 Å². The molecule has 0 heterocycles. The molecule has 3 rings (SSSR count). The third-order valence-corrected chi connectivity index (χ3v) is 4.21. The Morgan fingerprint density at radius 3 is 1.79 bits per heavy atom. The minimum absolute atomic E-state index is 0. The molecule has 0 aliphatic carbocycles. The first kappa shape index (κ1) is 22.3. The minimum Gasteiger partial charge on any atom is -1.00 e. The van der Waals surface area contributed by atoms with E-state index in [1.165, 1.54) is 5.56 Å². The Labute approximate surface area is 179 Å². The molecule has 0 aromatic heterocycles. The van der Waals surface area contributed by atoms with Crippen LogP contribution in [0.2, 0.25) is 0 Å². The van der Waals surface area contributed by atoms with Crippen LogP contribution in [0.15, 0.2) is 72.8 Å². The highest BCUT2D eigenvalue weighted by molar-refractivity contribution is 6.04. The quantitative estimate of drug-likeness (QED) is 0.452. The minimum atomic E-state index is 0. The molecule has 3 aromatic rings. The molecule has 0 atom stereocenters. The van der Waals surface area contributed by atoms with E-state index < -0.39 is 0 Å². The fraction of sp³-hybridized carbons (Fsp3) is 0.208. The van der Waals surface area contributed by atoms with E-state index >= 15 is 0 Å². The van der Waals surface area contributed by atoms with Gasteiger partial charge in [-0.3, -0.25) is 0 Å². The first-order chi connectivity index (χ1) is 13.7. The Kier molecular flexibility index (Phi) is 8.56. The molecule has 0 radical (unpaired) electrons. The van der Waals surface area contributed by atoms with Crippen LogP contribution in [0.5, 0.6) is 11.5 Å². The Hall–Kier alpha value is -2.98. The number of hydrogen-bond donors (Lipinski definition) is 2. The molecule has 5 heteroatoms. The van der Waals surface area contributed by atoms with Gasteiger partial charge in [0.25, 0.3) is 5.84 Å². The molecule has 0 aliphatic heterocycles. The molecule has 0 fully saturated rings. The highest BCUT2D eigenvalue weighted by atomic mass is 35.5.